The van der Waals surface area contributed by atoms with Gasteiger partial charge in [-0.15, -0.1) is 0 Å². The van der Waals surface area contributed by atoms with E-state index < -0.39 is 37.3 Å². The van der Waals surface area contributed by atoms with Crippen molar-refractivity contribution in [1.29, 1.82) is 0 Å². The number of aromatic nitrogens is 4. The lowest BCUT2D eigenvalue weighted by molar-refractivity contribution is -0.0469. The number of hydrogen-bond acceptors (Lipinski definition) is 7. The summed E-state index contributed by atoms with van der Waals surface area (Å²) in [6, 6.07) is 8.17. The molecule has 3 aromatic rings. The summed E-state index contributed by atoms with van der Waals surface area (Å²) in [5.41, 5.74) is 6.31. The van der Waals surface area contributed by atoms with Crippen molar-refractivity contribution in [3.05, 3.63) is 47.5 Å². The van der Waals surface area contributed by atoms with Gasteiger partial charge in [-0.05, 0) is 23.7 Å². The highest BCUT2D eigenvalue weighted by atomic mass is 35.5. The zero-order chi connectivity index (χ0) is 19.8. The number of fused-ring (bicyclic) bond motifs is 1. The van der Waals surface area contributed by atoms with Gasteiger partial charge >= 0.3 is 5.97 Å². The van der Waals surface area contributed by atoms with Crippen molar-refractivity contribution in [3.8, 4) is 0 Å². The first-order valence-electron chi connectivity index (χ1n) is 8.27. The second kappa shape index (κ2) is 7.28. The predicted molar refractivity (Wildman–Crippen MR) is 95.2 cm³/mol. The molecule has 0 bridgehead atoms. The van der Waals surface area contributed by atoms with Crippen LogP contribution in [0.25, 0.3) is 11.2 Å². The Morgan fingerprint density at radius 3 is 2.75 bits per heavy atom. The molecule has 4 atom stereocenters. The fraction of sp³-hybridized carbons (Fsp3) is 0.294. The van der Waals surface area contributed by atoms with Crippen molar-refractivity contribution < 1.29 is 23.0 Å². The van der Waals surface area contributed by atoms with Crippen molar-refractivity contribution in [3.63, 3.8) is 0 Å². The first-order valence-corrected chi connectivity index (χ1v) is 8.65. The number of hydrogen-bond donors (Lipinski definition) is 1. The maximum absolute atomic E-state index is 14.6. The Labute approximate surface area is 162 Å². The summed E-state index contributed by atoms with van der Waals surface area (Å²) in [5.74, 6) is -0.650. The minimum absolute atomic E-state index is 0.00675. The number of carbonyl (C=O) groups is 1. The quantitative estimate of drug-likeness (QED) is 0.521. The third-order valence-electron chi connectivity index (χ3n) is 4.33. The topological polar surface area (TPSA) is 105 Å². The van der Waals surface area contributed by atoms with Gasteiger partial charge in [0.05, 0.1) is 11.9 Å². The average Bonchev–Trinajstić information content (AvgIpc) is 3.22. The number of nitrogens with two attached hydrogens (primary N) is 1. The van der Waals surface area contributed by atoms with Gasteiger partial charge in [0, 0.05) is 0 Å². The highest BCUT2D eigenvalue weighted by Gasteiger charge is 2.47. The van der Waals surface area contributed by atoms with Gasteiger partial charge in [0.2, 0.25) is 5.28 Å². The lowest BCUT2D eigenvalue weighted by Gasteiger charge is -2.15. The normalized spacial score (nSPS) is 24.5. The van der Waals surface area contributed by atoms with E-state index in [0.717, 1.165) is 0 Å². The van der Waals surface area contributed by atoms with Gasteiger partial charge in [-0.3, -0.25) is 4.57 Å². The zero-order valence-electron chi connectivity index (χ0n) is 14.2. The van der Waals surface area contributed by atoms with Crippen LogP contribution in [0.5, 0.6) is 0 Å². The molecule has 0 amide bonds. The van der Waals surface area contributed by atoms with Gasteiger partial charge in [-0.2, -0.15) is 9.97 Å². The number of alkyl halides is 2. The van der Waals surface area contributed by atoms with Crippen molar-refractivity contribution in [2.24, 2.45) is 0 Å². The summed E-state index contributed by atoms with van der Waals surface area (Å²) in [6.45, 7) is -0.448. The maximum Gasteiger partial charge on any atom is 0.338 e. The number of esters is 1. The molecule has 2 N–H and O–H groups in total. The van der Waals surface area contributed by atoms with Crippen LogP contribution >= 0.6 is 11.6 Å². The largest absolute Gasteiger partial charge is 0.459 e. The monoisotopic (exact) mass is 409 g/mol. The van der Waals surface area contributed by atoms with E-state index >= 15 is 0 Å². The minimum Gasteiger partial charge on any atom is -0.459 e. The molecule has 8 nitrogen and oxygen atoms in total. The molecule has 1 aliphatic heterocycles. The zero-order valence-corrected chi connectivity index (χ0v) is 15.0. The Morgan fingerprint density at radius 2 is 2.00 bits per heavy atom. The van der Waals surface area contributed by atoms with Gasteiger partial charge < -0.3 is 15.2 Å². The van der Waals surface area contributed by atoms with Crippen LogP contribution < -0.4 is 5.73 Å². The van der Waals surface area contributed by atoms with E-state index in [1.807, 2.05) is 0 Å². The van der Waals surface area contributed by atoms with E-state index in [2.05, 4.69) is 15.0 Å². The Bertz CT molecular complexity index is 1020. The van der Waals surface area contributed by atoms with Crippen LogP contribution in [0.2, 0.25) is 5.28 Å². The van der Waals surface area contributed by atoms with Crippen molar-refractivity contribution in [2.45, 2.75) is 24.7 Å². The summed E-state index contributed by atoms with van der Waals surface area (Å²) in [5, 5.41) is -0.162. The number of imidazole rings is 1. The van der Waals surface area contributed by atoms with E-state index in [4.69, 9.17) is 26.8 Å². The van der Waals surface area contributed by atoms with E-state index in [9.17, 15) is 13.6 Å². The Morgan fingerprint density at radius 1 is 1.25 bits per heavy atom. The number of carbonyl (C=O) groups excluding carboxylic acids is 1. The molecule has 0 aliphatic carbocycles. The van der Waals surface area contributed by atoms with Crippen LogP contribution in [0, 0.1) is 0 Å². The molecule has 3 heterocycles. The van der Waals surface area contributed by atoms with Crippen molar-refractivity contribution in [1.82, 2.24) is 19.5 Å². The number of halogens is 3. The van der Waals surface area contributed by atoms with Gasteiger partial charge in [0.1, 0.15) is 18.2 Å². The van der Waals surface area contributed by atoms with Crippen LogP contribution in [0.4, 0.5) is 14.6 Å². The number of anilines is 1. The van der Waals surface area contributed by atoms with E-state index in [1.54, 1.807) is 30.3 Å². The molecule has 0 unspecified atom stereocenters. The minimum atomic E-state index is -2.03. The number of nitrogen functional groups attached to an aromatic ring is 1. The second-order valence-electron chi connectivity index (χ2n) is 6.12. The molecular formula is C17H14ClF2N5O3. The molecule has 1 fully saturated rings. The molecule has 1 aliphatic rings. The highest BCUT2D eigenvalue weighted by Crippen LogP contribution is 2.36. The molecule has 4 rings (SSSR count). The van der Waals surface area contributed by atoms with E-state index in [-0.39, 0.29) is 22.3 Å². The van der Waals surface area contributed by atoms with Crippen LogP contribution in [-0.2, 0) is 9.47 Å². The predicted octanol–water partition coefficient (Wildman–Crippen LogP) is 2.49. The third-order valence-corrected chi connectivity index (χ3v) is 4.50. The standard InChI is InChI=1S/C17H14ClF2N5O3/c18-17-23-13(21)12-14(24-17)25(7-22-12)15-11(20)10(19)9(28-15)6-27-16(26)8-4-2-1-3-5-8/h1-5,7,9-11,15H,6H2,(H2,21,23,24)/t9-,10-,11+,15+/m1/s1. The molecule has 1 aromatic carbocycles. The third kappa shape index (κ3) is 3.25. The number of rotatable bonds is 4. The number of ether oxygens (including phenoxy) is 2. The van der Waals surface area contributed by atoms with Gasteiger partial charge in [-0.1, -0.05) is 18.2 Å². The van der Waals surface area contributed by atoms with E-state index in [0.29, 0.717) is 5.56 Å². The Hall–Kier alpha value is -2.85. The second-order valence-corrected chi connectivity index (χ2v) is 6.46. The first kappa shape index (κ1) is 18.5. The molecule has 1 saturated heterocycles. The van der Waals surface area contributed by atoms with Crippen LogP contribution in [0.15, 0.2) is 36.7 Å². The molecule has 11 heteroatoms. The Balaban J connectivity index is 1.51. The van der Waals surface area contributed by atoms with Crippen molar-refractivity contribution in [2.75, 3.05) is 12.3 Å². The smallest absolute Gasteiger partial charge is 0.338 e. The molecule has 0 spiro atoms. The molecule has 28 heavy (non-hydrogen) atoms. The summed E-state index contributed by atoms with van der Waals surface area (Å²) >= 11 is 5.79. The van der Waals surface area contributed by atoms with E-state index in [1.165, 1.54) is 10.9 Å². The lowest BCUT2D eigenvalue weighted by Crippen LogP contribution is -2.28. The number of nitrogens with zero attached hydrogens (tertiary/aromatic N) is 4. The van der Waals surface area contributed by atoms with Gasteiger partial charge in [0.25, 0.3) is 0 Å². The van der Waals surface area contributed by atoms with Crippen LogP contribution in [0.1, 0.15) is 16.6 Å². The number of benzene rings is 1. The SMILES string of the molecule is Nc1nc(Cl)nc2c1ncn2[C@H]1O[C@H](COC(=O)c2ccccc2)[C@@H](F)[C@@H]1F. The summed E-state index contributed by atoms with van der Waals surface area (Å²) in [6.07, 6.45) is -5.49. The highest BCUT2D eigenvalue weighted by molar-refractivity contribution is 6.28. The molecular weight excluding hydrogens is 396 g/mol. The Kier molecular flexibility index (Phi) is 4.82. The molecule has 0 radical (unpaired) electrons. The molecule has 2 aromatic heterocycles. The fourth-order valence-electron chi connectivity index (χ4n) is 2.95. The van der Waals surface area contributed by atoms with Gasteiger partial charge in [0.15, 0.2) is 30.0 Å². The van der Waals surface area contributed by atoms with Crippen LogP contribution in [-0.4, -0.2) is 50.5 Å². The summed E-state index contributed by atoms with van der Waals surface area (Å²) < 4.78 is 40.7. The summed E-state index contributed by atoms with van der Waals surface area (Å²) in [7, 11) is 0. The maximum atomic E-state index is 14.6. The van der Waals surface area contributed by atoms with Crippen LogP contribution in [0.3, 0.4) is 0 Å². The average molecular weight is 410 g/mol. The van der Waals surface area contributed by atoms with Gasteiger partial charge in [-0.25, -0.2) is 18.6 Å². The first-order chi connectivity index (χ1) is 13.5. The fourth-order valence-corrected chi connectivity index (χ4v) is 3.13. The van der Waals surface area contributed by atoms with Crippen molar-refractivity contribution >= 4 is 34.6 Å². The molecule has 146 valence electrons. The lowest BCUT2D eigenvalue weighted by atomic mass is 10.2. The summed E-state index contributed by atoms with van der Waals surface area (Å²) in [4.78, 5) is 23.7. The molecule has 0 saturated carbocycles.